The van der Waals surface area contributed by atoms with Gasteiger partial charge < -0.3 is 9.47 Å². The first-order valence-electron chi connectivity index (χ1n) is 7.65. The summed E-state index contributed by atoms with van der Waals surface area (Å²) in [4.78, 5) is 11.4. The molecule has 0 unspecified atom stereocenters. The highest BCUT2D eigenvalue weighted by Gasteiger charge is 2.37. The maximum absolute atomic E-state index is 12.9. The molecule has 0 bridgehead atoms. The molecule has 26 heavy (non-hydrogen) atoms. The van der Waals surface area contributed by atoms with Crippen molar-refractivity contribution in [3.05, 3.63) is 46.5 Å². The number of methoxy groups -OCH3 is 1. The van der Waals surface area contributed by atoms with E-state index in [9.17, 15) is 31.1 Å². The van der Waals surface area contributed by atoms with Crippen LogP contribution < -0.4 is 0 Å². The lowest BCUT2D eigenvalue weighted by Gasteiger charge is -2.20. The van der Waals surface area contributed by atoms with E-state index >= 15 is 0 Å². The number of carbonyl (C=O) groups is 1. The normalized spacial score (nSPS) is 19.2. The first kappa shape index (κ1) is 20.3. The lowest BCUT2D eigenvalue weighted by molar-refractivity contribution is -0.143. The Kier molecular flexibility index (Phi) is 5.70. The molecule has 144 valence electrons. The van der Waals surface area contributed by atoms with Crippen LogP contribution in [-0.4, -0.2) is 19.2 Å². The predicted molar refractivity (Wildman–Crippen MR) is 79.1 cm³/mol. The summed E-state index contributed by atoms with van der Waals surface area (Å²) in [6, 6.07) is 1.35. The van der Waals surface area contributed by atoms with E-state index in [1.807, 2.05) is 0 Å². The predicted octanol–water partition coefficient (Wildman–Crippen LogP) is 5.06. The molecule has 2 atom stereocenters. The topological polar surface area (TPSA) is 35.5 Å². The van der Waals surface area contributed by atoms with E-state index in [0.29, 0.717) is 30.5 Å². The Balaban J connectivity index is 2.27. The van der Waals surface area contributed by atoms with E-state index in [2.05, 4.69) is 4.74 Å². The average Bonchev–Trinajstić information content (AvgIpc) is 3.00. The number of halogens is 6. The molecule has 1 aliphatic carbocycles. The summed E-state index contributed by atoms with van der Waals surface area (Å²) in [5.41, 5.74) is -2.67. The van der Waals surface area contributed by atoms with Crippen molar-refractivity contribution in [2.24, 2.45) is 0 Å². The summed E-state index contributed by atoms with van der Waals surface area (Å²) < 4.78 is 87.6. The number of hydrogen-bond donors (Lipinski definition) is 0. The fraction of sp³-hybridized carbons (Fsp3) is 0.471. The van der Waals surface area contributed by atoms with Gasteiger partial charge in [0, 0.05) is 5.57 Å². The van der Waals surface area contributed by atoms with Crippen LogP contribution in [-0.2, 0) is 26.6 Å². The van der Waals surface area contributed by atoms with E-state index in [4.69, 9.17) is 4.74 Å². The van der Waals surface area contributed by atoms with Crippen LogP contribution in [0.5, 0.6) is 0 Å². The number of ether oxygens (including phenoxy) is 2. The first-order chi connectivity index (χ1) is 11.9. The van der Waals surface area contributed by atoms with Gasteiger partial charge in [0.1, 0.15) is 0 Å². The van der Waals surface area contributed by atoms with E-state index in [0.717, 1.165) is 0 Å². The minimum absolute atomic E-state index is 0.0705. The van der Waals surface area contributed by atoms with Crippen LogP contribution in [0.3, 0.4) is 0 Å². The fourth-order valence-electron chi connectivity index (χ4n) is 2.65. The van der Waals surface area contributed by atoms with Gasteiger partial charge in [0.05, 0.1) is 30.4 Å². The molecule has 0 heterocycles. The Bertz CT molecular complexity index is 673. The first-order valence-corrected chi connectivity index (χ1v) is 7.65. The standard InChI is InChI=1S/C17H16F6O3/c1-9(26-14-4-3-10(7-14)15(24)25-2)11-5-12(16(18,19)20)8-13(6-11)17(21,22)23/h5-9,14H,3-4H2,1-2H3/t9-,14-/m1/s1. The maximum atomic E-state index is 12.9. The molecular weight excluding hydrogens is 366 g/mol. The van der Waals surface area contributed by atoms with Gasteiger partial charge in [-0.1, -0.05) is 0 Å². The smallest absolute Gasteiger partial charge is 0.416 e. The molecule has 1 aromatic rings. The molecular formula is C17H16F6O3. The van der Waals surface area contributed by atoms with Gasteiger partial charge in [-0.3, -0.25) is 0 Å². The Morgan fingerprint density at radius 1 is 1.08 bits per heavy atom. The van der Waals surface area contributed by atoms with Gasteiger partial charge in [0.15, 0.2) is 0 Å². The Morgan fingerprint density at radius 2 is 1.62 bits per heavy atom. The van der Waals surface area contributed by atoms with Crippen molar-refractivity contribution in [1.82, 2.24) is 0 Å². The van der Waals surface area contributed by atoms with Crippen LogP contribution in [0.1, 0.15) is 42.6 Å². The number of benzene rings is 1. The Hall–Kier alpha value is -2.03. The number of alkyl halides is 6. The van der Waals surface area contributed by atoms with E-state index in [1.165, 1.54) is 20.1 Å². The van der Waals surface area contributed by atoms with E-state index in [1.54, 1.807) is 0 Å². The quantitative estimate of drug-likeness (QED) is 0.539. The van der Waals surface area contributed by atoms with Crippen molar-refractivity contribution in [2.75, 3.05) is 7.11 Å². The van der Waals surface area contributed by atoms with Crippen molar-refractivity contribution in [3.63, 3.8) is 0 Å². The minimum atomic E-state index is -4.92. The summed E-state index contributed by atoms with van der Waals surface area (Å²) >= 11 is 0. The second kappa shape index (κ2) is 7.30. The molecule has 0 N–H and O–H groups in total. The van der Waals surface area contributed by atoms with Crippen LogP contribution in [0.4, 0.5) is 26.3 Å². The zero-order chi connectivity index (χ0) is 19.7. The third-order valence-electron chi connectivity index (χ3n) is 3.99. The molecule has 0 saturated heterocycles. The van der Waals surface area contributed by atoms with Crippen molar-refractivity contribution in [1.29, 1.82) is 0 Å². The molecule has 0 amide bonds. The summed E-state index contributed by atoms with van der Waals surface area (Å²) in [6.45, 7) is 1.36. The number of hydrogen-bond acceptors (Lipinski definition) is 3. The lowest BCUT2D eigenvalue weighted by atomic mass is 10.0. The molecule has 0 fully saturated rings. The molecule has 0 aromatic heterocycles. The monoisotopic (exact) mass is 382 g/mol. The van der Waals surface area contributed by atoms with Crippen LogP contribution in [0.15, 0.2) is 29.8 Å². The molecule has 2 rings (SSSR count). The number of rotatable bonds is 4. The highest BCUT2D eigenvalue weighted by Crippen LogP contribution is 2.38. The summed E-state index contributed by atoms with van der Waals surface area (Å²) in [7, 11) is 1.21. The summed E-state index contributed by atoms with van der Waals surface area (Å²) in [6.07, 6.45) is -9.23. The van der Waals surface area contributed by atoms with Crippen molar-refractivity contribution >= 4 is 5.97 Å². The number of carbonyl (C=O) groups excluding carboxylic acids is 1. The second-order valence-electron chi connectivity index (χ2n) is 5.88. The van der Waals surface area contributed by atoms with Gasteiger partial charge in [-0.15, -0.1) is 0 Å². The van der Waals surface area contributed by atoms with E-state index in [-0.39, 0.29) is 11.6 Å². The van der Waals surface area contributed by atoms with Gasteiger partial charge >= 0.3 is 18.3 Å². The Labute approximate surface area is 145 Å². The minimum Gasteiger partial charge on any atom is -0.466 e. The van der Waals surface area contributed by atoms with Crippen LogP contribution >= 0.6 is 0 Å². The SMILES string of the molecule is COC(=O)C1=C[C@H](O[C@H](C)c2cc(C(F)(F)F)cc(C(F)(F)F)c2)CC1. The zero-order valence-corrected chi connectivity index (χ0v) is 13.9. The second-order valence-corrected chi connectivity index (χ2v) is 5.88. The fourth-order valence-corrected chi connectivity index (χ4v) is 2.65. The average molecular weight is 382 g/mol. The third-order valence-corrected chi connectivity index (χ3v) is 3.99. The molecule has 0 saturated carbocycles. The summed E-state index contributed by atoms with van der Waals surface area (Å²) in [5.74, 6) is -0.540. The van der Waals surface area contributed by atoms with Crippen molar-refractivity contribution < 1.29 is 40.6 Å². The zero-order valence-electron chi connectivity index (χ0n) is 13.9. The number of esters is 1. The van der Waals surface area contributed by atoms with Crippen LogP contribution in [0, 0.1) is 0 Å². The van der Waals surface area contributed by atoms with Gasteiger partial charge in [-0.05, 0) is 49.6 Å². The molecule has 0 radical (unpaired) electrons. The van der Waals surface area contributed by atoms with Crippen LogP contribution in [0.25, 0.3) is 0 Å². The molecule has 1 aromatic carbocycles. The molecule has 9 heteroatoms. The Morgan fingerprint density at radius 3 is 2.08 bits per heavy atom. The third kappa shape index (κ3) is 4.78. The largest absolute Gasteiger partial charge is 0.466 e. The molecule has 0 spiro atoms. The van der Waals surface area contributed by atoms with E-state index < -0.39 is 41.7 Å². The highest BCUT2D eigenvalue weighted by atomic mass is 19.4. The highest BCUT2D eigenvalue weighted by molar-refractivity contribution is 5.88. The van der Waals surface area contributed by atoms with Gasteiger partial charge in [0.25, 0.3) is 0 Å². The molecule has 3 nitrogen and oxygen atoms in total. The van der Waals surface area contributed by atoms with Gasteiger partial charge in [-0.2, -0.15) is 26.3 Å². The van der Waals surface area contributed by atoms with Gasteiger partial charge in [-0.25, -0.2) is 4.79 Å². The maximum Gasteiger partial charge on any atom is 0.416 e. The lowest BCUT2D eigenvalue weighted by Crippen LogP contribution is -2.15. The van der Waals surface area contributed by atoms with Crippen molar-refractivity contribution in [3.8, 4) is 0 Å². The summed E-state index contributed by atoms with van der Waals surface area (Å²) in [5, 5.41) is 0. The molecule has 1 aliphatic rings. The van der Waals surface area contributed by atoms with Crippen LogP contribution in [0.2, 0.25) is 0 Å². The van der Waals surface area contributed by atoms with Crippen molar-refractivity contribution in [2.45, 2.75) is 44.3 Å². The van der Waals surface area contributed by atoms with Gasteiger partial charge in [0.2, 0.25) is 0 Å². The molecule has 0 aliphatic heterocycles.